The van der Waals surface area contributed by atoms with Crippen molar-refractivity contribution < 1.29 is 9.90 Å². The normalized spacial score (nSPS) is 10.1. The maximum absolute atomic E-state index is 11.8. The number of rotatable bonds is 2. The van der Waals surface area contributed by atoms with Crippen molar-refractivity contribution in [1.29, 1.82) is 0 Å². The number of anilines is 1. The van der Waals surface area contributed by atoms with Gasteiger partial charge in [-0.15, -0.1) is 0 Å². The van der Waals surface area contributed by atoms with E-state index < -0.39 is 5.91 Å². The maximum atomic E-state index is 11.8. The first-order chi connectivity index (χ1) is 8.58. The molecule has 1 amide bonds. The molecule has 1 aromatic heterocycles. The number of aromatic hydroxyl groups is 1. The standard InChI is InChI=1S/C12H8Cl2N2O2/c13-8-4-3-7(6-9(8)14)16-12(18)11-10(17)2-1-5-15-11/h1-6,17H,(H,16,18). The van der Waals surface area contributed by atoms with Crippen LogP contribution in [0.3, 0.4) is 0 Å². The average molecular weight is 283 g/mol. The number of aromatic nitrogens is 1. The monoisotopic (exact) mass is 282 g/mol. The molecule has 0 fully saturated rings. The van der Waals surface area contributed by atoms with Crippen LogP contribution in [0.25, 0.3) is 0 Å². The van der Waals surface area contributed by atoms with E-state index in [1.165, 1.54) is 24.4 Å². The fraction of sp³-hybridized carbons (Fsp3) is 0. The van der Waals surface area contributed by atoms with Crippen LogP contribution >= 0.6 is 23.2 Å². The summed E-state index contributed by atoms with van der Waals surface area (Å²) in [6.07, 6.45) is 1.42. The highest BCUT2D eigenvalue weighted by Crippen LogP contribution is 2.25. The molecule has 1 aromatic carbocycles. The van der Waals surface area contributed by atoms with Crippen LogP contribution in [0.5, 0.6) is 5.75 Å². The molecule has 6 heteroatoms. The topological polar surface area (TPSA) is 62.2 Å². The number of hydrogen-bond acceptors (Lipinski definition) is 3. The van der Waals surface area contributed by atoms with Crippen LogP contribution in [-0.2, 0) is 0 Å². The number of carbonyl (C=O) groups excluding carboxylic acids is 1. The molecule has 0 aliphatic rings. The van der Waals surface area contributed by atoms with Crippen LogP contribution in [0.2, 0.25) is 10.0 Å². The lowest BCUT2D eigenvalue weighted by Crippen LogP contribution is -2.13. The van der Waals surface area contributed by atoms with Gasteiger partial charge in [0.1, 0.15) is 5.75 Å². The Morgan fingerprint density at radius 3 is 2.67 bits per heavy atom. The van der Waals surface area contributed by atoms with E-state index in [-0.39, 0.29) is 11.4 Å². The van der Waals surface area contributed by atoms with Crippen molar-refractivity contribution in [3.63, 3.8) is 0 Å². The summed E-state index contributed by atoms with van der Waals surface area (Å²) in [5, 5.41) is 12.8. The summed E-state index contributed by atoms with van der Waals surface area (Å²) in [6, 6.07) is 7.60. The number of amides is 1. The van der Waals surface area contributed by atoms with Crippen molar-refractivity contribution >= 4 is 34.8 Å². The lowest BCUT2D eigenvalue weighted by atomic mass is 10.2. The molecule has 2 rings (SSSR count). The largest absolute Gasteiger partial charge is 0.505 e. The predicted molar refractivity (Wildman–Crippen MR) is 70.3 cm³/mol. The molecule has 0 atom stereocenters. The maximum Gasteiger partial charge on any atom is 0.278 e. The van der Waals surface area contributed by atoms with E-state index in [0.717, 1.165) is 0 Å². The van der Waals surface area contributed by atoms with Crippen molar-refractivity contribution in [3.8, 4) is 5.75 Å². The minimum absolute atomic E-state index is 0.0522. The number of nitrogens with one attached hydrogen (secondary N) is 1. The molecule has 18 heavy (non-hydrogen) atoms. The van der Waals surface area contributed by atoms with E-state index in [9.17, 15) is 9.90 Å². The van der Waals surface area contributed by atoms with Crippen molar-refractivity contribution in [2.45, 2.75) is 0 Å². The van der Waals surface area contributed by atoms with Gasteiger partial charge >= 0.3 is 0 Å². The van der Waals surface area contributed by atoms with Gasteiger partial charge < -0.3 is 10.4 Å². The highest BCUT2D eigenvalue weighted by molar-refractivity contribution is 6.42. The summed E-state index contributed by atoms with van der Waals surface area (Å²) in [5.74, 6) is -0.707. The van der Waals surface area contributed by atoms with Gasteiger partial charge in [0, 0.05) is 11.9 Å². The molecule has 0 saturated heterocycles. The Kier molecular flexibility index (Phi) is 3.69. The van der Waals surface area contributed by atoms with E-state index in [0.29, 0.717) is 15.7 Å². The van der Waals surface area contributed by atoms with Crippen LogP contribution in [0, 0.1) is 0 Å². The zero-order chi connectivity index (χ0) is 13.1. The van der Waals surface area contributed by atoms with E-state index in [2.05, 4.69) is 10.3 Å². The molecule has 1 heterocycles. The molecule has 2 aromatic rings. The molecule has 0 radical (unpaired) electrons. The summed E-state index contributed by atoms with van der Waals surface area (Å²) in [5.41, 5.74) is 0.419. The van der Waals surface area contributed by atoms with Gasteiger partial charge in [0.2, 0.25) is 0 Å². The minimum Gasteiger partial charge on any atom is -0.505 e. The highest BCUT2D eigenvalue weighted by Gasteiger charge is 2.12. The fourth-order valence-corrected chi connectivity index (χ4v) is 1.63. The smallest absolute Gasteiger partial charge is 0.278 e. The quantitative estimate of drug-likeness (QED) is 0.888. The SMILES string of the molecule is O=C(Nc1ccc(Cl)c(Cl)c1)c1ncccc1O. The van der Waals surface area contributed by atoms with Crippen molar-refractivity contribution in [2.24, 2.45) is 0 Å². The lowest BCUT2D eigenvalue weighted by Gasteiger charge is -2.06. The van der Waals surface area contributed by atoms with Crippen molar-refractivity contribution in [2.75, 3.05) is 5.32 Å². The van der Waals surface area contributed by atoms with Crippen molar-refractivity contribution in [1.82, 2.24) is 4.98 Å². The molecule has 0 aliphatic heterocycles. The first-order valence-corrected chi connectivity index (χ1v) is 5.74. The molecule has 0 unspecified atom stereocenters. The van der Waals surface area contributed by atoms with Crippen LogP contribution < -0.4 is 5.32 Å². The number of nitrogens with zero attached hydrogens (tertiary/aromatic N) is 1. The second kappa shape index (κ2) is 5.25. The Hall–Kier alpha value is -1.78. The summed E-state index contributed by atoms with van der Waals surface area (Å²) in [6.45, 7) is 0. The van der Waals surface area contributed by atoms with Gasteiger partial charge in [0.25, 0.3) is 5.91 Å². The number of carbonyl (C=O) groups is 1. The second-order valence-corrected chi connectivity index (χ2v) is 4.27. The minimum atomic E-state index is -0.522. The molecule has 0 spiro atoms. The highest BCUT2D eigenvalue weighted by atomic mass is 35.5. The summed E-state index contributed by atoms with van der Waals surface area (Å²) in [4.78, 5) is 15.6. The van der Waals surface area contributed by atoms with Gasteiger partial charge in [0.15, 0.2) is 5.69 Å². The first kappa shape index (κ1) is 12.7. The zero-order valence-electron chi connectivity index (χ0n) is 9.02. The van der Waals surface area contributed by atoms with E-state index in [1.54, 1.807) is 12.1 Å². The molecule has 4 nitrogen and oxygen atoms in total. The third kappa shape index (κ3) is 2.72. The molecule has 0 bridgehead atoms. The summed E-state index contributed by atoms with van der Waals surface area (Å²) >= 11 is 11.6. The van der Waals surface area contributed by atoms with Gasteiger partial charge in [0.05, 0.1) is 10.0 Å². The van der Waals surface area contributed by atoms with E-state index in [1.807, 2.05) is 0 Å². The molecule has 92 valence electrons. The van der Waals surface area contributed by atoms with E-state index >= 15 is 0 Å². The summed E-state index contributed by atoms with van der Waals surface area (Å²) < 4.78 is 0. The van der Waals surface area contributed by atoms with Gasteiger partial charge in [-0.2, -0.15) is 0 Å². The lowest BCUT2D eigenvalue weighted by molar-refractivity contribution is 0.101. The second-order valence-electron chi connectivity index (χ2n) is 3.45. The van der Waals surface area contributed by atoms with Crippen LogP contribution in [0.15, 0.2) is 36.5 Å². The van der Waals surface area contributed by atoms with Crippen LogP contribution in [-0.4, -0.2) is 16.0 Å². The molecule has 0 saturated carbocycles. The zero-order valence-corrected chi connectivity index (χ0v) is 10.5. The summed E-state index contributed by atoms with van der Waals surface area (Å²) in [7, 11) is 0. The van der Waals surface area contributed by atoms with E-state index in [4.69, 9.17) is 23.2 Å². The average Bonchev–Trinajstić information content (AvgIpc) is 2.34. The van der Waals surface area contributed by atoms with Crippen LogP contribution in [0.1, 0.15) is 10.5 Å². The number of halogens is 2. The molecule has 2 N–H and O–H groups in total. The Bertz CT molecular complexity index is 602. The third-order valence-electron chi connectivity index (χ3n) is 2.18. The van der Waals surface area contributed by atoms with Gasteiger partial charge in [-0.25, -0.2) is 4.98 Å². The number of pyridine rings is 1. The predicted octanol–water partition coefficient (Wildman–Crippen LogP) is 3.35. The van der Waals surface area contributed by atoms with Gasteiger partial charge in [-0.1, -0.05) is 23.2 Å². The number of hydrogen-bond donors (Lipinski definition) is 2. The first-order valence-electron chi connectivity index (χ1n) is 4.98. The molecular formula is C12H8Cl2N2O2. The Morgan fingerprint density at radius 2 is 2.00 bits per heavy atom. The molecule has 0 aliphatic carbocycles. The van der Waals surface area contributed by atoms with Crippen molar-refractivity contribution in [3.05, 3.63) is 52.3 Å². The Balaban J connectivity index is 2.22. The Labute approximate surface area is 113 Å². The fourth-order valence-electron chi connectivity index (χ4n) is 1.34. The third-order valence-corrected chi connectivity index (χ3v) is 2.92. The Morgan fingerprint density at radius 1 is 1.22 bits per heavy atom. The molecular weight excluding hydrogens is 275 g/mol. The van der Waals surface area contributed by atoms with Crippen LogP contribution in [0.4, 0.5) is 5.69 Å². The number of benzene rings is 1. The van der Waals surface area contributed by atoms with Gasteiger partial charge in [-0.05, 0) is 30.3 Å². The van der Waals surface area contributed by atoms with Gasteiger partial charge in [-0.3, -0.25) is 4.79 Å².